The van der Waals surface area contributed by atoms with Crippen LogP contribution in [0.4, 0.5) is 0 Å². The molecule has 1 aromatic heterocycles. The second-order valence-corrected chi connectivity index (χ2v) is 5.97. The van der Waals surface area contributed by atoms with E-state index in [-0.39, 0.29) is 29.9 Å². The van der Waals surface area contributed by atoms with Crippen LogP contribution >= 0.6 is 0 Å². The Hall–Kier alpha value is -1.62. The van der Waals surface area contributed by atoms with E-state index in [4.69, 9.17) is 9.63 Å². The predicted molar refractivity (Wildman–Crippen MR) is 70.8 cm³/mol. The van der Waals surface area contributed by atoms with Crippen molar-refractivity contribution < 1.29 is 14.4 Å². The van der Waals surface area contributed by atoms with E-state index in [1.54, 1.807) is 6.07 Å². The second-order valence-electron chi connectivity index (χ2n) is 5.97. The third-order valence-corrected chi connectivity index (χ3v) is 3.21. The van der Waals surface area contributed by atoms with Gasteiger partial charge in [0.05, 0.1) is 0 Å². The first-order valence-corrected chi connectivity index (χ1v) is 6.47. The van der Waals surface area contributed by atoms with Gasteiger partial charge in [-0.1, -0.05) is 38.1 Å². The largest absolute Gasteiger partial charge is 0.396 e. The van der Waals surface area contributed by atoms with Crippen molar-refractivity contribution >= 4 is 5.91 Å². The molecule has 0 spiro atoms. The molecule has 1 aromatic rings. The molecular formula is C14H20N2O3. The Labute approximate surface area is 112 Å². The number of aliphatic hydroxyl groups excluding tert-OH is 1. The lowest BCUT2D eigenvalue weighted by molar-refractivity contribution is 0.0931. The summed E-state index contributed by atoms with van der Waals surface area (Å²) in [5.41, 5.74) is 0.131. The van der Waals surface area contributed by atoms with Crippen molar-refractivity contribution in [3.63, 3.8) is 0 Å². The monoisotopic (exact) mass is 264 g/mol. The van der Waals surface area contributed by atoms with Crippen LogP contribution in [0.3, 0.4) is 0 Å². The first-order valence-electron chi connectivity index (χ1n) is 6.47. The molecule has 0 fully saturated rings. The fraction of sp³-hybridized carbons (Fsp3) is 0.571. The van der Waals surface area contributed by atoms with E-state index in [2.05, 4.69) is 10.5 Å². The van der Waals surface area contributed by atoms with Crippen molar-refractivity contribution in [1.29, 1.82) is 0 Å². The van der Waals surface area contributed by atoms with Gasteiger partial charge in [-0.3, -0.25) is 4.79 Å². The van der Waals surface area contributed by atoms with Crippen molar-refractivity contribution in [2.75, 3.05) is 6.61 Å². The summed E-state index contributed by atoms with van der Waals surface area (Å²) in [5.74, 6) is 0.577. The average Bonchev–Trinajstić information content (AvgIpc) is 2.96. The number of hydrogen-bond donors (Lipinski definition) is 2. The van der Waals surface area contributed by atoms with Crippen LogP contribution in [0.1, 0.15) is 43.4 Å². The van der Waals surface area contributed by atoms with Gasteiger partial charge in [0.15, 0.2) is 5.69 Å². The fourth-order valence-corrected chi connectivity index (χ4v) is 1.99. The van der Waals surface area contributed by atoms with Crippen LogP contribution in [0.2, 0.25) is 0 Å². The zero-order chi connectivity index (χ0) is 14.0. The summed E-state index contributed by atoms with van der Waals surface area (Å²) in [6.45, 7) is 6.11. The summed E-state index contributed by atoms with van der Waals surface area (Å²) in [5, 5.41) is 15.7. The Morgan fingerprint density at radius 2 is 2.26 bits per heavy atom. The molecular weight excluding hydrogens is 244 g/mol. The maximum Gasteiger partial charge on any atom is 0.273 e. The topological polar surface area (TPSA) is 75.4 Å². The lowest BCUT2D eigenvalue weighted by atomic mass is 9.93. The van der Waals surface area contributed by atoms with Crippen LogP contribution < -0.4 is 5.32 Å². The Morgan fingerprint density at radius 1 is 1.53 bits per heavy atom. The van der Waals surface area contributed by atoms with E-state index < -0.39 is 0 Å². The number of carbonyl (C=O) groups excluding carboxylic acids is 1. The van der Waals surface area contributed by atoms with Gasteiger partial charge in [0.2, 0.25) is 0 Å². The summed E-state index contributed by atoms with van der Waals surface area (Å²) < 4.78 is 5.19. The Morgan fingerprint density at radius 3 is 2.79 bits per heavy atom. The maximum atomic E-state index is 12.0. The molecule has 2 atom stereocenters. The molecule has 1 amide bonds. The minimum absolute atomic E-state index is 0.0422. The van der Waals surface area contributed by atoms with Gasteiger partial charge in [-0.25, -0.2) is 0 Å². The number of amides is 1. The summed E-state index contributed by atoms with van der Waals surface area (Å²) in [4.78, 5) is 12.0. The molecule has 0 aromatic carbocycles. The van der Waals surface area contributed by atoms with E-state index in [1.165, 1.54) is 0 Å². The highest BCUT2D eigenvalue weighted by Gasteiger charge is 2.24. The van der Waals surface area contributed by atoms with Gasteiger partial charge < -0.3 is 14.9 Å². The standard InChI is InChI=1S/C14H20N2O3/c1-14(2,3)12-7-11(16-19-12)13(18)15-10-5-4-9(6-10)8-17/h4-5,7,9-10,17H,6,8H2,1-3H3,(H,15,18)/t9-,10+/m0/s1. The highest BCUT2D eigenvalue weighted by molar-refractivity contribution is 5.92. The summed E-state index contributed by atoms with van der Waals surface area (Å²) >= 11 is 0. The number of hydrogen-bond acceptors (Lipinski definition) is 4. The third kappa shape index (κ3) is 3.23. The SMILES string of the molecule is CC(C)(C)c1cc(C(=O)N[C@@H]2C=C[C@H](CO)C2)no1. The van der Waals surface area contributed by atoms with E-state index >= 15 is 0 Å². The first-order chi connectivity index (χ1) is 8.90. The van der Waals surface area contributed by atoms with Crippen molar-refractivity contribution in [3.05, 3.63) is 29.7 Å². The van der Waals surface area contributed by atoms with Crippen molar-refractivity contribution in [2.45, 2.75) is 38.6 Å². The van der Waals surface area contributed by atoms with Crippen LogP contribution in [-0.2, 0) is 5.41 Å². The van der Waals surface area contributed by atoms with Gasteiger partial charge >= 0.3 is 0 Å². The minimum atomic E-state index is -0.243. The fourth-order valence-electron chi connectivity index (χ4n) is 1.99. The number of carbonyl (C=O) groups is 1. The molecule has 1 aliphatic carbocycles. The molecule has 0 unspecified atom stereocenters. The highest BCUT2D eigenvalue weighted by Crippen LogP contribution is 2.23. The zero-order valence-electron chi connectivity index (χ0n) is 11.5. The molecule has 0 saturated carbocycles. The van der Waals surface area contributed by atoms with Crippen LogP contribution in [-0.4, -0.2) is 28.8 Å². The highest BCUT2D eigenvalue weighted by atomic mass is 16.5. The summed E-state index contributed by atoms with van der Waals surface area (Å²) in [7, 11) is 0. The quantitative estimate of drug-likeness (QED) is 0.814. The van der Waals surface area contributed by atoms with Gasteiger partial charge in [0, 0.05) is 30.0 Å². The summed E-state index contributed by atoms with van der Waals surface area (Å²) in [6, 6.07) is 1.64. The Balaban J connectivity index is 1.98. The normalized spacial score (nSPS) is 22.7. The smallest absolute Gasteiger partial charge is 0.273 e. The number of aromatic nitrogens is 1. The molecule has 0 radical (unpaired) electrons. The van der Waals surface area contributed by atoms with Crippen molar-refractivity contribution in [3.8, 4) is 0 Å². The molecule has 19 heavy (non-hydrogen) atoms. The Bertz CT molecular complexity index is 485. The van der Waals surface area contributed by atoms with Crippen LogP contribution in [0.15, 0.2) is 22.7 Å². The molecule has 2 rings (SSSR count). The summed E-state index contributed by atoms with van der Waals surface area (Å²) in [6.07, 6.45) is 4.56. The molecule has 1 aliphatic rings. The van der Waals surface area contributed by atoms with E-state index in [0.29, 0.717) is 11.5 Å². The lowest BCUT2D eigenvalue weighted by Crippen LogP contribution is -2.33. The van der Waals surface area contributed by atoms with Crippen LogP contribution in [0.5, 0.6) is 0 Å². The minimum Gasteiger partial charge on any atom is -0.396 e. The Kier molecular flexibility index (Phi) is 3.75. The predicted octanol–water partition coefficient (Wildman–Crippen LogP) is 1.64. The maximum absolute atomic E-state index is 12.0. The van der Waals surface area contributed by atoms with Gasteiger partial charge in [-0.15, -0.1) is 0 Å². The molecule has 5 nitrogen and oxygen atoms in total. The first kappa shape index (κ1) is 13.8. The van der Waals surface area contributed by atoms with Crippen LogP contribution in [0, 0.1) is 5.92 Å². The molecule has 0 saturated heterocycles. The number of aliphatic hydroxyl groups is 1. The van der Waals surface area contributed by atoms with Gasteiger partial charge in [-0.2, -0.15) is 0 Å². The molecule has 0 bridgehead atoms. The van der Waals surface area contributed by atoms with Gasteiger partial charge in [0.25, 0.3) is 5.91 Å². The van der Waals surface area contributed by atoms with Crippen LogP contribution in [0.25, 0.3) is 0 Å². The number of nitrogens with zero attached hydrogens (tertiary/aromatic N) is 1. The number of nitrogens with one attached hydrogen (secondary N) is 1. The molecule has 5 heteroatoms. The third-order valence-electron chi connectivity index (χ3n) is 3.21. The lowest BCUT2D eigenvalue weighted by Gasteiger charge is -2.12. The zero-order valence-corrected chi connectivity index (χ0v) is 11.5. The molecule has 0 aliphatic heterocycles. The van der Waals surface area contributed by atoms with Crippen molar-refractivity contribution in [2.24, 2.45) is 5.92 Å². The number of rotatable bonds is 3. The molecule has 2 N–H and O–H groups in total. The average molecular weight is 264 g/mol. The molecule has 1 heterocycles. The van der Waals surface area contributed by atoms with E-state index in [0.717, 1.165) is 6.42 Å². The molecule has 104 valence electrons. The van der Waals surface area contributed by atoms with Gasteiger partial charge in [-0.05, 0) is 6.42 Å². The van der Waals surface area contributed by atoms with Crippen molar-refractivity contribution in [1.82, 2.24) is 10.5 Å². The van der Waals surface area contributed by atoms with E-state index in [1.807, 2.05) is 32.9 Å². The van der Waals surface area contributed by atoms with Gasteiger partial charge in [0.1, 0.15) is 5.76 Å². The second kappa shape index (κ2) is 5.17. The van der Waals surface area contributed by atoms with E-state index in [9.17, 15) is 4.79 Å².